The van der Waals surface area contributed by atoms with E-state index in [1.807, 2.05) is 62.4 Å². The zero-order valence-corrected chi connectivity index (χ0v) is 13.1. The molecule has 0 spiro atoms. The van der Waals surface area contributed by atoms with Gasteiger partial charge in [-0.05, 0) is 43.2 Å². The lowest BCUT2D eigenvalue weighted by atomic mass is 10.1. The molecule has 0 bridgehead atoms. The van der Waals surface area contributed by atoms with Crippen LogP contribution in [0.1, 0.15) is 18.1 Å². The number of benzene rings is 2. The van der Waals surface area contributed by atoms with Crippen molar-refractivity contribution in [1.29, 1.82) is 0 Å². The highest BCUT2D eigenvalue weighted by Crippen LogP contribution is 2.28. The first kappa shape index (κ1) is 14.5. The summed E-state index contributed by atoms with van der Waals surface area (Å²) >= 11 is 6.14. The van der Waals surface area contributed by atoms with Gasteiger partial charge in [0.2, 0.25) is 0 Å². The van der Waals surface area contributed by atoms with Crippen LogP contribution >= 0.6 is 11.6 Å². The molecule has 0 unspecified atom stereocenters. The topological polar surface area (TPSA) is 32.7 Å². The molecule has 22 heavy (non-hydrogen) atoms. The molecule has 2 aromatic rings. The number of nitrogens with zero attached hydrogens (tertiary/aromatic N) is 2. The monoisotopic (exact) mass is 310 g/mol. The van der Waals surface area contributed by atoms with Gasteiger partial charge >= 0.3 is 0 Å². The normalized spacial score (nSPS) is 16.3. The van der Waals surface area contributed by atoms with E-state index in [4.69, 9.17) is 11.6 Å². The molecule has 3 rings (SSSR count). The molecule has 0 atom stereocenters. The second kappa shape index (κ2) is 5.78. The Kier molecular flexibility index (Phi) is 3.82. The van der Waals surface area contributed by atoms with Gasteiger partial charge in [0, 0.05) is 5.02 Å². The van der Waals surface area contributed by atoms with E-state index in [1.54, 1.807) is 6.07 Å². The molecule has 4 heteroatoms. The molecule has 0 saturated heterocycles. The van der Waals surface area contributed by atoms with Gasteiger partial charge in [0.25, 0.3) is 5.91 Å². The average molecular weight is 311 g/mol. The Morgan fingerprint density at radius 1 is 1.09 bits per heavy atom. The molecule has 0 radical (unpaired) electrons. The summed E-state index contributed by atoms with van der Waals surface area (Å²) in [4.78, 5) is 12.6. The van der Waals surface area contributed by atoms with Crippen LogP contribution in [-0.4, -0.2) is 11.6 Å². The van der Waals surface area contributed by atoms with Gasteiger partial charge in [-0.1, -0.05) is 48.0 Å². The van der Waals surface area contributed by atoms with Crippen molar-refractivity contribution < 1.29 is 4.79 Å². The van der Waals surface area contributed by atoms with Crippen molar-refractivity contribution in [2.75, 3.05) is 5.01 Å². The standard InChI is InChI=1S/C18H15ClN2O/c1-12-8-9-15(11-17(12)19)21-18(22)16(13(2)20-21)10-14-6-4-3-5-7-14/h3-11H,1-2H3/b16-10-. The first-order chi connectivity index (χ1) is 10.6. The number of hydrazone groups is 1. The summed E-state index contributed by atoms with van der Waals surface area (Å²) in [5, 5.41) is 6.38. The number of carbonyl (C=O) groups excluding carboxylic acids is 1. The molecule has 0 aliphatic carbocycles. The molecular formula is C18H15ClN2O. The third kappa shape index (κ3) is 2.68. The lowest BCUT2D eigenvalue weighted by Gasteiger charge is -2.12. The summed E-state index contributed by atoms with van der Waals surface area (Å²) < 4.78 is 0. The van der Waals surface area contributed by atoms with E-state index in [-0.39, 0.29) is 5.91 Å². The molecule has 0 fully saturated rings. The van der Waals surface area contributed by atoms with Crippen LogP contribution in [0.4, 0.5) is 5.69 Å². The van der Waals surface area contributed by atoms with Gasteiger partial charge in [-0.2, -0.15) is 10.1 Å². The number of amides is 1. The van der Waals surface area contributed by atoms with Crippen LogP contribution in [0.2, 0.25) is 5.02 Å². The fourth-order valence-corrected chi connectivity index (χ4v) is 2.46. The van der Waals surface area contributed by atoms with E-state index >= 15 is 0 Å². The zero-order chi connectivity index (χ0) is 15.7. The predicted octanol–water partition coefficient (Wildman–Crippen LogP) is 4.45. The minimum absolute atomic E-state index is 0.138. The Morgan fingerprint density at radius 3 is 2.50 bits per heavy atom. The lowest BCUT2D eigenvalue weighted by molar-refractivity contribution is -0.114. The van der Waals surface area contributed by atoms with Crippen LogP contribution in [-0.2, 0) is 4.79 Å². The van der Waals surface area contributed by atoms with Crippen LogP contribution in [0.15, 0.2) is 59.2 Å². The van der Waals surface area contributed by atoms with E-state index in [1.165, 1.54) is 5.01 Å². The summed E-state index contributed by atoms with van der Waals surface area (Å²) in [7, 11) is 0. The maximum Gasteiger partial charge on any atom is 0.280 e. The van der Waals surface area contributed by atoms with E-state index in [2.05, 4.69) is 5.10 Å². The third-order valence-corrected chi connectivity index (χ3v) is 3.98. The highest BCUT2D eigenvalue weighted by Gasteiger charge is 2.28. The molecule has 1 amide bonds. The van der Waals surface area contributed by atoms with Crippen molar-refractivity contribution >= 4 is 35.0 Å². The number of hydrogen-bond acceptors (Lipinski definition) is 2. The molecule has 3 nitrogen and oxygen atoms in total. The Hall–Kier alpha value is -2.39. The minimum atomic E-state index is -0.138. The van der Waals surface area contributed by atoms with E-state index in [0.717, 1.165) is 11.1 Å². The Morgan fingerprint density at radius 2 is 1.82 bits per heavy atom. The molecule has 1 aliphatic heterocycles. The van der Waals surface area contributed by atoms with Crippen LogP contribution < -0.4 is 5.01 Å². The van der Waals surface area contributed by atoms with E-state index < -0.39 is 0 Å². The SMILES string of the molecule is CC1=NN(c2ccc(C)c(Cl)c2)C(=O)/C1=C\c1ccccc1. The fraction of sp³-hybridized carbons (Fsp3) is 0.111. The largest absolute Gasteiger partial charge is 0.280 e. The Balaban J connectivity index is 1.96. The first-order valence-corrected chi connectivity index (χ1v) is 7.37. The van der Waals surface area contributed by atoms with Crippen LogP contribution in [0.3, 0.4) is 0 Å². The van der Waals surface area contributed by atoms with Gasteiger partial charge in [-0.3, -0.25) is 4.79 Å². The number of hydrogen-bond donors (Lipinski definition) is 0. The Bertz CT molecular complexity index is 794. The van der Waals surface area contributed by atoms with Crippen molar-refractivity contribution in [3.05, 3.63) is 70.3 Å². The fourth-order valence-electron chi connectivity index (χ4n) is 2.29. The number of aryl methyl sites for hydroxylation is 1. The highest BCUT2D eigenvalue weighted by molar-refractivity contribution is 6.33. The van der Waals surface area contributed by atoms with Gasteiger partial charge < -0.3 is 0 Å². The first-order valence-electron chi connectivity index (χ1n) is 6.99. The lowest BCUT2D eigenvalue weighted by Crippen LogP contribution is -2.21. The molecule has 0 aromatic heterocycles. The summed E-state index contributed by atoms with van der Waals surface area (Å²) in [5.74, 6) is -0.138. The van der Waals surface area contributed by atoms with Crippen molar-refractivity contribution in [3.8, 4) is 0 Å². The van der Waals surface area contributed by atoms with Gasteiger partial charge in [0.1, 0.15) is 0 Å². The number of halogens is 1. The average Bonchev–Trinajstić information content (AvgIpc) is 2.79. The maximum absolute atomic E-state index is 12.6. The number of anilines is 1. The van der Waals surface area contributed by atoms with Crippen LogP contribution in [0.25, 0.3) is 6.08 Å². The second-order valence-electron chi connectivity index (χ2n) is 5.20. The molecule has 1 heterocycles. The molecule has 1 aliphatic rings. The van der Waals surface area contributed by atoms with Gasteiger partial charge in [0.15, 0.2) is 0 Å². The summed E-state index contributed by atoms with van der Waals surface area (Å²) in [6.07, 6.45) is 1.86. The smallest absolute Gasteiger partial charge is 0.267 e. The number of carbonyl (C=O) groups is 1. The van der Waals surface area contributed by atoms with Crippen LogP contribution in [0, 0.1) is 6.92 Å². The zero-order valence-electron chi connectivity index (χ0n) is 12.4. The van der Waals surface area contributed by atoms with Crippen molar-refractivity contribution in [2.24, 2.45) is 5.10 Å². The maximum atomic E-state index is 12.6. The molecule has 0 N–H and O–H groups in total. The number of rotatable bonds is 2. The molecule has 2 aromatic carbocycles. The summed E-state index contributed by atoms with van der Waals surface area (Å²) in [5.41, 5.74) is 3.92. The highest BCUT2D eigenvalue weighted by atomic mass is 35.5. The van der Waals surface area contributed by atoms with Gasteiger partial charge in [0.05, 0.1) is 17.0 Å². The van der Waals surface area contributed by atoms with Crippen LogP contribution in [0.5, 0.6) is 0 Å². The molecule has 110 valence electrons. The van der Waals surface area contributed by atoms with Crippen molar-refractivity contribution in [3.63, 3.8) is 0 Å². The predicted molar refractivity (Wildman–Crippen MR) is 91.2 cm³/mol. The summed E-state index contributed by atoms with van der Waals surface area (Å²) in [6, 6.07) is 15.2. The summed E-state index contributed by atoms with van der Waals surface area (Å²) in [6.45, 7) is 3.76. The quantitative estimate of drug-likeness (QED) is 0.754. The van der Waals surface area contributed by atoms with Gasteiger partial charge in [-0.15, -0.1) is 0 Å². The van der Waals surface area contributed by atoms with Crippen molar-refractivity contribution in [1.82, 2.24) is 0 Å². The minimum Gasteiger partial charge on any atom is -0.267 e. The molecular weight excluding hydrogens is 296 g/mol. The van der Waals surface area contributed by atoms with E-state index in [0.29, 0.717) is 22.0 Å². The van der Waals surface area contributed by atoms with Crippen molar-refractivity contribution in [2.45, 2.75) is 13.8 Å². The van der Waals surface area contributed by atoms with Gasteiger partial charge in [-0.25, -0.2) is 0 Å². The molecule has 0 saturated carbocycles. The Labute approximate surface area is 134 Å². The third-order valence-electron chi connectivity index (χ3n) is 3.57. The second-order valence-corrected chi connectivity index (χ2v) is 5.61. The van der Waals surface area contributed by atoms with E-state index in [9.17, 15) is 4.79 Å².